The molecular formula is C19H15ClN2O7. The molecule has 0 aliphatic carbocycles. The van der Waals surface area contributed by atoms with Crippen LogP contribution in [0.3, 0.4) is 0 Å². The van der Waals surface area contributed by atoms with Gasteiger partial charge in [0.1, 0.15) is 0 Å². The number of aliphatic imine (C=N–C) groups is 1. The van der Waals surface area contributed by atoms with Crippen molar-refractivity contribution in [3.63, 3.8) is 0 Å². The number of hydrogen-bond acceptors (Lipinski definition) is 8. The molecule has 0 atom stereocenters. The average molecular weight is 419 g/mol. The van der Waals surface area contributed by atoms with Gasteiger partial charge in [0.05, 0.1) is 36.8 Å². The van der Waals surface area contributed by atoms with Crippen LogP contribution in [0.4, 0.5) is 5.69 Å². The van der Waals surface area contributed by atoms with E-state index in [1.807, 2.05) is 0 Å². The number of carbonyl (C=O) groups excluding carboxylic acids is 1. The van der Waals surface area contributed by atoms with E-state index < -0.39 is 10.9 Å². The van der Waals surface area contributed by atoms with E-state index in [2.05, 4.69) is 4.99 Å². The lowest BCUT2D eigenvalue weighted by atomic mass is 10.1. The molecule has 2 aromatic carbocycles. The van der Waals surface area contributed by atoms with Crippen molar-refractivity contribution in [3.05, 3.63) is 62.3 Å². The minimum Gasteiger partial charge on any atom is -0.493 e. The largest absolute Gasteiger partial charge is 0.493 e. The predicted molar refractivity (Wildman–Crippen MR) is 105 cm³/mol. The summed E-state index contributed by atoms with van der Waals surface area (Å²) in [4.78, 5) is 26.7. The topological polar surface area (TPSA) is 109 Å². The van der Waals surface area contributed by atoms with E-state index in [9.17, 15) is 14.9 Å². The number of methoxy groups -OCH3 is 3. The molecule has 0 fully saturated rings. The summed E-state index contributed by atoms with van der Waals surface area (Å²) in [6, 6.07) is 7.11. The highest BCUT2D eigenvalue weighted by atomic mass is 35.5. The maximum Gasteiger partial charge on any atom is 0.363 e. The average Bonchev–Trinajstić information content (AvgIpc) is 3.07. The van der Waals surface area contributed by atoms with Crippen molar-refractivity contribution in [2.45, 2.75) is 0 Å². The first-order chi connectivity index (χ1) is 13.9. The molecule has 150 valence electrons. The van der Waals surface area contributed by atoms with Gasteiger partial charge >= 0.3 is 5.97 Å². The molecule has 29 heavy (non-hydrogen) atoms. The molecule has 0 unspecified atom stereocenters. The van der Waals surface area contributed by atoms with E-state index in [1.54, 1.807) is 12.1 Å². The lowest BCUT2D eigenvalue weighted by Gasteiger charge is -2.14. The molecule has 1 heterocycles. The Hall–Kier alpha value is -3.59. The lowest BCUT2D eigenvalue weighted by Crippen LogP contribution is -2.06. The second kappa shape index (κ2) is 8.19. The van der Waals surface area contributed by atoms with E-state index in [0.717, 1.165) is 6.07 Å². The van der Waals surface area contributed by atoms with Gasteiger partial charge in [0.25, 0.3) is 5.69 Å². The Morgan fingerprint density at radius 1 is 1.10 bits per heavy atom. The maximum atomic E-state index is 12.3. The molecule has 1 aliphatic heterocycles. The van der Waals surface area contributed by atoms with Gasteiger partial charge in [0.15, 0.2) is 17.2 Å². The van der Waals surface area contributed by atoms with E-state index >= 15 is 0 Å². The summed E-state index contributed by atoms with van der Waals surface area (Å²) in [5, 5.41) is 10.9. The molecule has 9 nitrogen and oxygen atoms in total. The Labute approximate surface area is 170 Å². The van der Waals surface area contributed by atoms with Crippen molar-refractivity contribution < 1.29 is 28.7 Å². The van der Waals surface area contributed by atoms with Gasteiger partial charge in [-0.2, -0.15) is 0 Å². The summed E-state index contributed by atoms with van der Waals surface area (Å²) >= 11 is 6.08. The summed E-state index contributed by atoms with van der Waals surface area (Å²) in [7, 11) is 4.42. The molecule has 0 spiro atoms. The van der Waals surface area contributed by atoms with Gasteiger partial charge in [-0.15, -0.1) is 0 Å². The fraction of sp³-hybridized carbons (Fsp3) is 0.158. The van der Waals surface area contributed by atoms with Crippen LogP contribution in [0.2, 0.25) is 5.02 Å². The van der Waals surface area contributed by atoms with E-state index in [1.165, 1.54) is 39.5 Å². The number of halogens is 1. The number of cyclic esters (lactones) is 1. The SMILES string of the molecule is COc1ccc(/C=C2\N=C(c3ccc([N+](=O)[O-])cc3Cl)OC2=O)c(OC)c1OC. The van der Waals surface area contributed by atoms with Crippen LogP contribution in [0.1, 0.15) is 11.1 Å². The second-order valence-corrected chi connectivity index (χ2v) is 6.09. The third kappa shape index (κ3) is 3.85. The number of non-ortho nitro benzene ring substituents is 1. The standard InChI is InChI=1S/C19H15ClN2O7/c1-26-15-7-4-10(16(27-2)17(15)28-3)8-14-19(23)29-18(21-14)12-6-5-11(22(24)25)9-13(12)20/h4-9H,1-3H3/b14-8-. The Balaban J connectivity index is 2.03. The molecule has 0 bridgehead atoms. The third-order valence-electron chi connectivity index (χ3n) is 4.04. The van der Waals surface area contributed by atoms with Crippen LogP contribution < -0.4 is 14.2 Å². The van der Waals surface area contributed by atoms with E-state index in [0.29, 0.717) is 22.8 Å². The second-order valence-electron chi connectivity index (χ2n) is 5.68. The number of hydrogen-bond donors (Lipinski definition) is 0. The number of carbonyl (C=O) groups is 1. The number of rotatable bonds is 6. The van der Waals surface area contributed by atoms with E-state index in [-0.39, 0.29) is 27.9 Å². The van der Waals surface area contributed by atoms with Crippen LogP contribution in [-0.4, -0.2) is 38.1 Å². The van der Waals surface area contributed by atoms with Gasteiger partial charge in [0, 0.05) is 17.7 Å². The summed E-state index contributed by atoms with van der Waals surface area (Å²) in [5.74, 6) is 0.414. The minimum absolute atomic E-state index is 0.0000562. The number of esters is 1. The van der Waals surface area contributed by atoms with Gasteiger partial charge in [-0.3, -0.25) is 10.1 Å². The molecule has 0 saturated carbocycles. The monoisotopic (exact) mass is 418 g/mol. The smallest absolute Gasteiger partial charge is 0.363 e. The number of nitrogens with zero attached hydrogens (tertiary/aromatic N) is 2. The Morgan fingerprint density at radius 2 is 1.83 bits per heavy atom. The molecular weight excluding hydrogens is 404 g/mol. The molecule has 0 N–H and O–H groups in total. The quantitative estimate of drug-likeness (QED) is 0.305. The fourth-order valence-electron chi connectivity index (χ4n) is 2.70. The lowest BCUT2D eigenvalue weighted by molar-refractivity contribution is -0.384. The summed E-state index contributed by atoms with van der Waals surface area (Å²) in [6.07, 6.45) is 1.47. The summed E-state index contributed by atoms with van der Waals surface area (Å²) in [6.45, 7) is 0. The highest BCUT2D eigenvalue weighted by molar-refractivity contribution is 6.34. The third-order valence-corrected chi connectivity index (χ3v) is 4.35. The van der Waals surface area contributed by atoms with Crippen LogP contribution >= 0.6 is 11.6 Å². The van der Waals surface area contributed by atoms with Gasteiger partial charge in [-0.25, -0.2) is 9.79 Å². The predicted octanol–water partition coefficient (Wildman–Crippen LogP) is 3.62. The zero-order chi connectivity index (χ0) is 21.1. The molecule has 2 aromatic rings. The molecule has 0 aromatic heterocycles. The van der Waals surface area contributed by atoms with Crippen LogP contribution in [0.5, 0.6) is 17.2 Å². The van der Waals surface area contributed by atoms with Gasteiger partial charge in [-0.1, -0.05) is 11.6 Å². The number of ether oxygens (including phenoxy) is 4. The fourth-order valence-corrected chi connectivity index (χ4v) is 2.96. The summed E-state index contributed by atoms with van der Waals surface area (Å²) in [5.41, 5.74) is 0.583. The van der Waals surface area contributed by atoms with Crippen molar-refractivity contribution in [2.24, 2.45) is 4.99 Å². The molecule has 0 amide bonds. The van der Waals surface area contributed by atoms with Crippen LogP contribution in [0, 0.1) is 10.1 Å². The first kappa shape index (κ1) is 20.2. The Bertz CT molecular complexity index is 1060. The Morgan fingerprint density at radius 3 is 2.41 bits per heavy atom. The molecule has 0 saturated heterocycles. The maximum absolute atomic E-state index is 12.3. The van der Waals surface area contributed by atoms with Crippen molar-refractivity contribution in [2.75, 3.05) is 21.3 Å². The number of benzene rings is 2. The molecule has 3 rings (SSSR count). The van der Waals surface area contributed by atoms with Crippen LogP contribution in [0.15, 0.2) is 41.0 Å². The highest BCUT2D eigenvalue weighted by Gasteiger charge is 2.27. The normalized spacial score (nSPS) is 14.4. The van der Waals surface area contributed by atoms with Crippen molar-refractivity contribution in [1.82, 2.24) is 0 Å². The molecule has 10 heteroatoms. The van der Waals surface area contributed by atoms with Crippen molar-refractivity contribution in [1.29, 1.82) is 0 Å². The zero-order valence-electron chi connectivity index (χ0n) is 15.6. The first-order valence-electron chi connectivity index (χ1n) is 8.15. The van der Waals surface area contributed by atoms with Gasteiger partial charge in [0.2, 0.25) is 11.6 Å². The van der Waals surface area contributed by atoms with Crippen LogP contribution in [0.25, 0.3) is 6.08 Å². The van der Waals surface area contributed by atoms with Crippen LogP contribution in [-0.2, 0) is 9.53 Å². The first-order valence-corrected chi connectivity index (χ1v) is 8.53. The van der Waals surface area contributed by atoms with Crippen molar-refractivity contribution in [3.8, 4) is 17.2 Å². The minimum atomic E-state index is -0.703. The highest BCUT2D eigenvalue weighted by Crippen LogP contribution is 2.41. The molecule has 1 aliphatic rings. The number of nitro groups is 1. The number of nitro benzene ring substituents is 1. The zero-order valence-corrected chi connectivity index (χ0v) is 16.4. The Kier molecular flexibility index (Phi) is 5.69. The summed E-state index contributed by atoms with van der Waals surface area (Å²) < 4.78 is 21.1. The molecule has 0 radical (unpaired) electrons. The van der Waals surface area contributed by atoms with E-state index in [4.69, 9.17) is 30.5 Å². The van der Waals surface area contributed by atoms with Gasteiger partial charge < -0.3 is 18.9 Å². The van der Waals surface area contributed by atoms with Gasteiger partial charge in [-0.05, 0) is 24.3 Å². The van der Waals surface area contributed by atoms with Crippen molar-refractivity contribution >= 4 is 35.2 Å².